The van der Waals surface area contributed by atoms with Crippen LogP contribution in [0.2, 0.25) is 0 Å². The van der Waals surface area contributed by atoms with Crippen LogP contribution in [0.1, 0.15) is 23.8 Å². The van der Waals surface area contributed by atoms with E-state index in [0.29, 0.717) is 23.3 Å². The first-order chi connectivity index (χ1) is 10.1. The van der Waals surface area contributed by atoms with E-state index in [9.17, 15) is 4.79 Å². The fraction of sp³-hybridized carbons (Fsp3) is 0.533. The van der Waals surface area contributed by atoms with Crippen molar-refractivity contribution < 1.29 is 4.79 Å². The molecule has 6 heteroatoms. The molecule has 2 aromatic heterocycles. The van der Waals surface area contributed by atoms with Crippen molar-refractivity contribution in [3.8, 4) is 0 Å². The number of carbonyl (C=O) groups excluding carboxylic acids is 1. The van der Waals surface area contributed by atoms with Crippen molar-refractivity contribution >= 4 is 11.6 Å². The molecule has 0 radical (unpaired) electrons. The van der Waals surface area contributed by atoms with Crippen LogP contribution in [0.15, 0.2) is 24.8 Å². The molecule has 0 bridgehead atoms. The normalized spacial score (nSPS) is 22.4. The van der Waals surface area contributed by atoms with Crippen molar-refractivity contribution in [1.82, 2.24) is 24.2 Å². The van der Waals surface area contributed by atoms with Gasteiger partial charge in [-0.15, -0.1) is 0 Å². The molecule has 1 saturated heterocycles. The molecule has 0 aromatic carbocycles. The smallest absolute Gasteiger partial charge is 0.276 e. The minimum atomic E-state index is -0.0189. The minimum Gasteiger partial charge on any atom is -0.335 e. The Balaban J connectivity index is 1.88. The molecular weight excluding hydrogens is 266 g/mol. The Morgan fingerprint density at radius 3 is 2.62 bits per heavy atom. The quantitative estimate of drug-likeness (QED) is 0.849. The molecule has 0 aliphatic carbocycles. The lowest BCUT2D eigenvalue weighted by molar-refractivity contribution is 0.0776. The van der Waals surface area contributed by atoms with Gasteiger partial charge < -0.3 is 14.2 Å². The van der Waals surface area contributed by atoms with Crippen LogP contribution in [0.5, 0.6) is 0 Å². The highest BCUT2D eigenvalue weighted by Crippen LogP contribution is 2.25. The van der Waals surface area contributed by atoms with Crippen LogP contribution in [0.4, 0.5) is 0 Å². The molecule has 6 nitrogen and oxygen atoms in total. The van der Waals surface area contributed by atoms with E-state index in [2.05, 4.69) is 35.9 Å². The summed E-state index contributed by atoms with van der Waals surface area (Å²) < 4.78 is 1.83. The van der Waals surface area contributed by atoms with Gasteiger partial charge in [0.1, 0.15) is 0 Å². The maximum Gasteiger partial charge on any atom is 0.276 e. The van der Waals surface area contributed by atoms with Crippen molar-refractivity contribution in [3.63, 3.8) is 0 Å². The summed E-state index contributed by atoms with van der Waals surface area (Å²) >= 11 is 0. The third kappa shape index (κ3) is 2.40. The number of amides is 1. The number of aromatic nitrogens is 3. The van der Waals surface area contributed by atoms with Crippen molar-refractivity contribution in [3.05, 3.63) is 30.5 Å². The second kappa shape index (κ2) is 5.44. The van der Waals surface area contributed by atoms with E-state index in [4.69, 9.17) is 0 Å². The number of likely N-dealkylation sites (tertiary alicyclic amines) is 1. The first-order valence-corrected chi connectivity index (χ1v) is 7.35. The molecule has 1 amide bonds. The van der Waals surface area contributed by atoms with E-state index in [1.54, 1.807) is 18.6 Å². The number of hydrogen-bond acceptors (Lipinski definition) is 4. The van der Waals surface area contributed by atoms with Gasteiger partial charge in [-0.25, -0.2) is 9.97 Å². The fourth-order valence-electron chi connectivity index (χ4n) is 3.16. The van der Waals surface area contributed by atoms with Gasteiger partial charge in [-0.1, -0.05) is 13.3 Å². The second-order valence-corrected chi connectivity index (χ2v) is 5.84. The van der Waals surface area contributed by atoms with Crippen molar-refractivity contribution in [2.75, 3.05) is 27.2 Å². The Hall–Kier alpha value is -1.95. The van der Waals surface area contributed by atoms with Gasteiger partial charge in [0.05, 0.1) is 0 Å². The first-order valence-electron chi connectivity index (χ1n) is 7.35. The zero-order chi connectivity index (χ0) is 15.0. The third-order valence-electron chi connectivity index (χ3n) is 4.40. The van der Waals surface area contributed by atoms with Crippen LogP contribution in [0.25, 0.3) is 5.65 Å². The predicted octanol–water partition coefficient (Wildman–Crippen LogP) is 1.14. The molecule has 0 N–H and O–H groups in total. The summed E-state index contributed by atoms with van der Waals surface area (Å²) in [7, 11) is 4.16. The number of nitrogens with zero attached hydrogens (tertiary/aromatic N) is 5. The van der Waals surface area contributed by atoms with Crippen molar-refractivity contribution in [2.24, 2.45) is 5.92 Å². The zero-order valence-corrected chi connectivity index (χ0v) is 12.7. The lowest BCUT2D eigenvalue weighted by Crippen LogP contribution is -2.36. The molecule has 112 valence electrons. The summed E-state index contributed by atoms with van der Waals surface area (Å²) in [5.41, 5.74) is 1.07. The summed E-state index contributed by atoms with van der Waals surface area (Å²) in [6.45, 7) is 3.73. The maximum atomic E-state index is 12.8. The molecule has 1 fully saturated rings. The summed E-state index contributed by atoms with van der Waals surface area (Å²) in [6, 6.07) is 0.415. The molecule has 2 aromatic rings. The fourth-order valence-corrected chi connectivity index (χ4v) is 3.16. The minimum absolute atomic E-state index is 0.0189. The van der Waals surface area contributed by atoms with Gasteiger partial charge in [-0.05, 0) is 20.0 Å². The summed E-state index contributed by atoms with van der Waals surface area (Å²) in [6.07, 6.45) is 8.05. The van der Waals surface area contributed by atoms with Gasteiger partial charge in [0.25, 0.3) is 5.91 Å². The number of rotatable bonds is 3. The van der Waals surface area contributed by atoms with Crippen LogP contribution in [-0.2, 0) is 0 Å². The molecule has 1 aliphatic heterocycles. The highest BCUT2D eigenvalue weighted by atomic mass is 16.2. The van der Waals surface area contributed by atoms with Gasteiger partial charge in [-0.2, -0.15) is 0 Å². The van der Waals surface area contributed by atoms with Crippen LogP contribution in [-0.4, -0.2) is 63.3 Å². The van der Waals surface area contributed by atoms with E-state index in [1.807, 2.05) is 15.5 Å². The molecule has 0 spiro atoms. The summed E-state index contributed by atoms with van der Waals surface area (Å²) in [5, 5.41) is 0. The average Bonchev–Trinajstić information content (AvgIpc) is 3.12. The number of likely N-dealkylation sites (N-methyl/N-ethyl adjacent to an activating group) is 1. The third-order valence-corrected chi connectivity index (χ3v) is 4.40. The largest absolute Gasteiger partial charge is 0.335 e. The van der Waals surface area contributed by atoms with Crippen molar-refractivity contribution in [1.29, 1.82) is 0 Å². The van der Waals surface area contributed by atoms with E-state index in [1.165, 1.54) is 0 Å². The first kappa shape index (κ1) is 14.0. The number of fused-ring (bicyclic) bond motifs is 1. The molecular formula is C15H21N5O. The lowest BCUT2D eigenvalue weighted by atomic mass is 10.0. The van der Waals surface area contributed by atoms with Crippen LogP contribution >= 0.6 is 0 Å². The molecule has 2 atom stereocenters. The Kier molecular flexibility index (Phi) is 3.63. The second-order valence-electron chi connectivity index (χ2n) is 5.84. The van der Waals surface area contributed by atoms with Gasteiger partial charge in [-0.3, -0.25) is 4.79 Å². The molecule has 1 aliphatic rings. The topological polar surface area (TPSA) is 53.7 Å². The molecule has 2 unspecified atom stereocenters. The summed E-state index contributed by atoms with van der Waals surface area (Å²) in [4.78, 5) is 25.4. The number of hydrogen-bond donors (Lipinski definition) is 0. The Labute approximate surface area is 124 Å². The zero-order valence-electron chi connectivity index (χ0n) is 12.7. The average molecular weight is 287 g/mol. The van der Waals surface area contributed by atoms with Crippen LogP contribution < -0.4 is 0 Å². The van der Waals surface area contributed by atoms with Crippen molar-refractivity contribution in [2.45, 2.75) is 19.4 Å². The lowest BCUT2D eigenvalue weighted by Gasteiger charge is -2.23. The molecule has 0 saturated carbocycles. The Bertz CT molecular complexity index is 650. The predicted molar refractivity (Wildman–Crippen MR) is 80.1 cm³/mol. The van der Waals surface area contributed by atoms with Crippen LogP contribution in [0, 0.1) is 5.92 Å². The molecule has 21 heavy (non-hydrogen) atoms. The Morgan fingerprint density at radius 1 is 1.29 bits per heavy atom. The monoisotopic (exact) mass is 287 g/mol. The van der Waals surface area contributed by atoms with Gasteiger partial charge >= 0.3 is 0 Å². The van der Waals surface area contributed by atoms with Gasteiger partial charge in [0.15, 0.2) is 11.3 Å². The van der Waals surface area contributed by atoms with E-state index >= 15 is 0 Å². The maximum absolute atomic E-state index is 12.8. The van der Waals surface area contributed by atoms with Gasteiger partial charge in [0, 0.05) is 43.9 Å². The number of imidazole rings is 1. The Morgan fingerprint density at radius 2 is 2.00 bits per heavy atom. The number of carbonyl (C=O) groups is 1. The standard InChI is InChI=1S/C15H21N5O/c1-4-11-9-20(10-12(11)18(2)3)15(21)13-14-17-6-8-19(14)7-5-16-13/h5-8,11-12H,4,9-10H2,1-3H3. The summed E-state index contributed by atoms with van der Waals surface area (Å²) in [5.74, 6) is 0.498. The highest BCUT2D eigenvalue weighted by Gasteiger charge is 2.36. The van der Waals surface area contributed by atoms with E-state index in [-0.39, 0.29) is 5.91 Å². The van der Waals surface area contributed by atoms with Crippen LogP contribution in [0.3, 0.4) is 0 Å². The van der Waals surface area contributed by atoms with E-state index < -0.39 is 0 Å². The molecule has 3 rings (SSSR count). The SMILES string of the molecule is CCC1CN(C(=O)c2nccn3ccnc23)CC1N(C)C. The van der Waals surface area contributed by atoms with E-state index in [0.717, 1.165) is 19.5 Å². The van der Waals surface area contributed by atoms with Gasteiger partial charge in [0.2, 0.25) is 0 Å². The molecule has 3 heterocycles. The highest BCUT2D eigenvalue weighted by molar-refractivity contribution is 5.97.